The zero-order valence-corrected chi connectivity index (χ0v) is 14.3. The Morgan fingerprint density at radius 3 is 2.58 bits per heavy atom. The molecule has 4 heteroatoms. The van der Waals surface area contributed by atoms with E-state index in [0.717, 1.165) is 24.0 Å². The molecule has 0 aliphatic carbocycles. The standard InChI is InChI=1S/C20H25NO3/c1-3-4-13-24-20(23)14-18(16-10-6-5-9-15(16)2)21-17-11-7-8-12-19(17)22/h5-12,18,21-22H,3-4,13-14H2,1-2H3. The average Bonchev–Trinajstić information content (AvgIpc) is 2.57. The normalized spacial score (nSPS) is 11.8. The molecule has 0 bridgehead atoms. The lowest BCUT2D eigenvalue weighted by Gasteiger charge is -2.22. The summed E-state index contributed by atoms with van der Waals surface area (Å²) in [5, 5.41) is 13.3. The van der Waals surface area contributed by atoms with Crippen LogP contribution in [0.5, 0.6) is 5.75 Å². The minimum Gasteiger partial charge on any atom is -0.506 e. The molecule has 1 unspecified atom stereocenters. The fourth-order valence-corrected chi connectivity index (χ4v) is 2.56. The van der Waals surface area contributed by atoms with E-state index >= 15 is 0 Å². The van der Waals surface area contributed by atoms with Gasteiger partial charge in [0.1, 0.15) is 5.75 Å². The van der Waals surface area contributed by atoms with Crippen LogP contribution in [0.4, 0.5) is 5.69 Å². The summed E-state index contributed by atoms with van der Waals surface area (Å²) in [5.41, 5.74) is 2.71. The predicted molar refractivity (Wildman–Crippen MR) is 96.1 cm³/mol. The number of rotatable bonds is 8. The number of aryl methyl sites for hydroxylation is 1. The molecule has 0 heterocycles. The fraction of sp³-hybridized carbons (Fsp3) is 0.350. The largest absolute Gasteiger partial charge is 0.506 e. The first-order valence-electron chi connectivity index (χ1n) is 8.37. The molecule has 0 aliphatic rings. The van der Waals surface area contributed by atoms with Crippen LogP contribution in [0.15, 0.2) is 48.5 Å². The van der Waals surface area contributed by atoms with Crippen LogP contribution in [0.25, 0.3) is 0 Å². The first-order chi connectivity index (χ1) is 11.6. The zero-order valence-electron chi connectivity index (χ0n) is 14.3. The van der Waals surface area contributed by atoms with Gasteiger partial charge in [-0.15, -0.1) is 0 Å². The van der Waals surface area contributed by atoms with Gasteiger partial charge in [-0.05, 0) is 36.6 Å². The maximum Gasteiger partial charge on any atom is 0.308 e. The molecule has 0 spiro atoms. The first-order valence-corrected chi connectivity index (χ1v) is 8.37. The Kier molecular flexibility index (Phi) is 6.67. The second-order valence-corrected chi connectivity index (χ2v) is 5.85. The van der Waals surface area contributed by atoms with Crippen molar-refractivity contribution in [3.63, 3.8) is 0 Å². The summed E-state index contributed by atoms with van der Waals surface area (Å²) >= 11 is 0. The SMILES string of the molecule is CCCCOC(=O)CC(Nc1ccccc1O)c1ccccc1C. The van der Waals surface area contributed by atoms with E-state index in [4.69, 9.17) is 4.74 Å². The van der Waals surface area contributed by atoms with Gasteiger partial charge >= 0.3 is 5.97 Å². The summed E-state index contributed by atoms with van der Waals surface area (Å²) in [6.45, 7) is 4.52. The Hall–Kier alpha value is -2.49. The number of benzene rings is 2. The van der Waals surface area contributed by atoms with E-state index in [2.05, 4.69) is 12.2 Å². The number of aromatic hydroxyl groups is 1. The van der Waals surface area contributed by atoms with Crippen LogP contribution in [0.3, 0.4) is 0 Å². The first kappa shape index (κ1) is 17.9. The number of para-hydroxylation sites is 2. The predicted octanol–water partition coefficient (Wildman–Crippen LogP) is 4.59. The lowest BCUT2D eigenvalue weighted by Crippen LogP contribution is -2.18. The van der Waals surface area contributed by atoms with Crippen molar-refractivity contribution in [1.82, 2.24) is 0 Å². The Morgan fingerprint density at radius 2 is 1.88 bits per heavy atom. The van der Waals surface area contributed by atoms with Gasteiger partial charge < -0.3 is 15.2 Å². The summed E-state index contributed by atoms with van der Waals surface area (Å²) in [6, 6.07) is 14.7. The topological polar surface area (TPSA) is 58.6 Å². The van der Waals surface area contributed by atoms with Gasteiger partial charge in [0.2, 0.25) is 0 Å². The van der Waals surface area contributed by atoms with Crippen LogP contribution in [0.2, 0.25) is 0 Å². The maximum absolute atomic E-state index is 12.2. The van der Waals surface area contributed by atoms with E-state index in [-0.39, 0.29) is 24.2 Å². The monoisotopic (exact) mass is 327 g/mol. The Morgan fingerprint density at radius 1 is 1.17 bits per heavy atom. The van der Waals surface area contributed by atoms with E-state index in [1.807, 2.05) is 37.3 Å². The fourth-order valence-electron chi connectivity index (χ4n) is 2.56. The Balaban J connectivity index is 2.17. The van der Waals surface area contributed by atoms with E-state index in [9.17, 15) is 9.90 Å². The summed E-state index contributed by atoms with van der Waals surface area (Å²) in [7, 11) is 0. The van der Waals surface area contributed by atoms with Crippen molar-refractivity contribution in [1.29, 1.82) is 0 Å². The van der Waals surface area contributed by atoms with E-state index in [1.54, 1.807) is 18.2 Å². The van der Waals surface area contributed by atoms with Crippen LogP contribution in [-0.4, -0.2) is 17.7 Å². The van der Waals surface area contributed by atoms with Gasteiger partial charge in [0.25, 0.3) is 0 Å². The Labute approximate surface area is 143 Å². The van der Waals surface area contributed by atoms with Gasteiger partial charge in [0, 0.05) is 0 Å². The van der Waals surface area contributed by atoms with Crippen molar-refractivity contribution < 1.29 is 14.6 Å². The van der Waals surface area contributed by atoms with Crippen molar-refractivity contribution in [2.75, 3.05) is 11.9 Å². The van der Waals surface area contributed by atoms with Crippen LogP contribution in [-0.2, 0) is 9.53 Å². The van der Waals surface area contributed by atoms with Gasteiger partial charge in [-0.25, -0.2) is 0 Å². The summed E-state index contributed by atoms with van der Waals surface area (Å²) < 4.78 is 5.30. The van der Waals surface area contributed by atoms with Crippen molar-refractivity contribution in [2.45, 2.75) is 39.2 Å². The maximum atomic E-state index is 12.2. The average molecular weight is 327 g/mol. The number of esters is 1. The molecule has 2 rings (SSSR count). The summed E-state index contributed by atoms with van der Waals surface area (Å²) in [4.78, 5) is 12.2. The number of unbranched alkanes of at least 4 members (excludes halogenated alkanes) is 1. The number of hydrogen-bond acceptors (Lipinski definition) is 4. The van der Waals surface area contributed by atoms with Gasteiger partial charge in [0.05, 0.1) is 24.8 Å². The molecule has 128 valence electrons. The molecule has 2 N–H and O–H groups in total. The van der Waals surface area contributed by atoms with Crippen molar-refractivity contribution in [2.24, 2.45) is 0 Å². The Bertz CT molecular complexity index is 669. The van der Waals surface area contributed by atoms with Crippen molar-refractivity contribution >= 4 is 11.7 Å². The number of anilines is 1. The number of carbonyl (C=O) groups excluding carboxylic acids is 1. The molecule has 0 aliphatic heterocycles. The minimum atomic E-state index is -0.256. The molecular formula is C20H25NO3. The number of phenols is 1. The molecule has 2 aromatic rings. The third-order valence-electron chi connectivity index (χ3n) is 3.93. The highest BCUT2D eigenvalue weighted by Gasteiger charge is 2.19. The molecule has 0 fully saturated rings. The van der Waals surface area contributed by atoms with Gasteiger partial charge in [-0.3, -0.25) is 4.79 Å². The van der Waals surface area contributed by atoms with Gasteiger partial charge in [0.15, 0.2) is 0 Å². The van der Waals surface area contributed by atoms with E-state index < -0.39 is 0 Å². The van der Waals surface area contributed by atoms with Crippen LogP contribution in [0.1, 0.15) is 43.4 Å². The number of phenolic OH excluding ortho intramolecular Hbond substituents is 1. The molecule has 24 heavy (non-hydrogen) atoms. The van der Waals surface area contributed by atoms with E-state index in [0.29, 0.717) is 12.3 Å². The lowest BCUT2D eigenvalue weighted by molar-refractivity contribution is -0.144. The quantitative estimate of drug-likeness (QED) is 0.423. The third kappa shape index (κ3) is 5.01. The highest BCUT2D eigenvalue weighted by Crippen LogP contribution is 2.30. The minimum absolute atomic E-state index is 0.162. The van der Waals surface area contributed by atoms with Crippen LogP contribution in [0, 0.1) is 6.92 Å². The van der Waals surface area contributed by atoms with Crippen molar-refractivity contribution in [3.05, 3.63) is 59.7 Å². The number of nitrogens with one attached hydrogen (secondary N) is 1. The third-order valence-corrected chi connectivity index (χ3v) is 3.93. The number of carbonyl (C=O) groups is 1. The second kappa shape index (κ2) is 8.96. The summed E-state index contributed by atoms with van der Waals surface area (Å²) in [5.74, 6) is -0.0740. The zero-order chi connectivity index (χ0) is 17.4. The number of ether oxygens (including phenoxy) is 1. The van der Waals surface area contributed by atoms with Gasteiger partial charge in [-0.1, -0.05) is 49.7 Å². The second-order valence-electron chi connectivity index (χ2n) is 5.85. The molecule has 0 radical (unpaired) electrons. The molecule has 0 aromatic heterocycles. The number of hydrogen-bond donors (Lipinski definition) is 2. The van der Waals surface area contributed by atoms with Crippen LogP contribution < -0.4 is 5.32 Å². The molecule has 0 saturated carbocycles. The molecule has 2 aromatic carbocycles. The smallest absolute Gasteiger partial charge is 0.308 e. The van der Waals surface area contributed by atoms with Gasteiger partial charge in [-0.2, -0.15) is 0 Å². The molecule has 0 amide bonds. The van der Waals surface area contributed by atoms with Crippen molar-refractivity contribution in [3.8, 4) is 5.75 Å². The molecule has 0 saturated heterocycles. The molecule has 4 nitrogen and oxygen atoms in total. The lowest BCUT2D eigenvalue weighted by atomic mass is 9.98. The molecular weight excluding hydrogens is 302 g/mol. The van der Waals surface area contributed by atoms with E-state index in [1.165, 1.54) is 0 Å². The van der Waals surface area contributed by atoms with Crippen LogP contribution >= 0.6 is 0 Å². The highest BCUT2D eigenvalue weighted by molar-refractivity contribution is 5.72. The summed E-state index contributed by atoms with van der Waals surface area (Å²) in [6.07, 6.45) is 2.07. The highest BCUT2D eigenvalue weighted by atomic mass is 16.5. The molecule has 1 atom stereocenters.